The molecule has 0 spiro atoms. The molecule has 0 saturated heterocycles. The molecule has 0 radical (unpaired) electrons. The largest absolute Gasteiger partial charge is 0.381 e. The van der Waals surface area contributed by atoms with Gasteiger partial charge in [-0.3, -0.25) is 0 Å². The van der Waals surface area contributed by atoms with Crippen molar-refractivity contribution < 1.29 is 0 Å². The lowest BCUT2D eigenvalue weighted by Gasteiger charge is -2.11. The fourth-order valence-corrected chi connectivity index (χ4v) is 2.18. The molecule has 3 heteroatoms. The van der Waals surface area contributed by atoms with Crippen LogP contribution in [0.5, 0.6) is 0 Å². The first-order chi connectivity index (χ1) is 9.04. The molecule has 0 fully saturated rings. The Morgan fingerprint density at radius 3 is 2.63 bits per heavy atom. The molecule has 3 nitrogen and oxygen atoms in total. The smallest absolute Gasteiger partial charge is 0.120 e. The minimum atomic E-state index is 0.704. The van der Waals surface area contributed by atoms with E-state index in [4.69, 9.17) is 5.26 Å². The van der Waals surface area contributed by atoms with Gasteiger partial charge in [0.25, 0.3) is 0 Å². The summed E-state index contributed by atoms with van der Waals surface area (Å²) < 4.78 is 1.93. The average molecular weight is 253 g/mol. The Bertz CT molecular complexity index is 645. The summed E-state index contributed by atoms with van der Waals surface area (Å²) in [6.07, 6.45) is 0. The van der Waals surface area contributed by atoms with Crippen molar-refractivity contribution >= 4 is 5.69 Å². The number of nitrogens with one attached hydrogen (secondary N) is 1. The van der Waals surface area contributed by atoms with Gasteiger partial charge in [0.15, 0.2) is 0 Å². The topological polar surface area (TPSA) is 40.8 Å². The van der Waals surface area contributed by atoms with E-state index in [1.807, 2.05) is 24.6 Å². The second-order valence-corrected chi connectivity index (χ2v) is 4.91. The van der Waals surface area contributed by atoms with Crippen LogP contribution in [0.1, 0.15) is 28.1 Å². The minimum absolute atomic E-state index is 0.704. The lowest BCUT2D eigenvalue weighted by Crippen LogP contribution is -2.03. The molecule has 1 N–H and O–H groups in total. The maximum Gasteiger partial charge on any atom is 0.120 e. The summed E-state index contributed by atoms with van der Waals surface area (Å²) in [6.45, 7) is 7.02. The van der Waals surface area contributed by atoms with Gasteiger partial charge in [0.2, 0.25) is 0 Å². The van der Waals surface area contributed by atoms with E-state index in [1.54, 1.807) is 0 Å². The predicted molar refractivity (Wildman–Crippen MR) is 78.1 cm³/mol. The molecule has 98 valence electrons. The van der Waals surface area contributed by atoms with E-state index in [2.05, 4.69) is 43.4 Å². The van der Waals surface area contributed by atoms with E-state index in [1.165, 1.54) is 16.7 Å². The molecule has 1 heterocycles. The molecule has 2 aromatic rings. The van der Waals surface area contributed by atoms with Crippen LogP contribution in [-0.2, 0) is 13.6 Å². The fourth-order valence-electron chi connectivity index (χ4n) is 2.18. The molecule has 19 heavy (non-hydrogen) atoms. The third kappa shape index (κ3) is 2.48. The van der Waals surface area contributed by atoms with Gasteiger partial charge >= 0.3 is 0 Å². The predicted octanol–water partition coefficient (Wildman–Crippen LogP) is 3.43. The van der Waals surface area contributed by atoms with Gasteiger partial charge in [0, 0.05) is 25.0 Å². The van der Waals surface area contributed by atoms with Crippen molar-refractivity contribution in [3.8, 4) is 6.07 Å². The molecule has 0 bridgehead atoms. The second-order valence-electron chi connectivity index (χ2n) is 4.91. The van der Waals surface area contributed by atoms with Crippen molar-refractivity contribution in [2.75, 3.05) is 5.32 Å². The summed E-state index contributed by atoms with van der Waals surface area (Å²) in [7, 11) is 1.93. The quantitative estimate of drug-likeness (QED) is 0.910. The Labute approximate surface area is 114 Å². The van der Waals surface area contributed by atoms with Gasteiger partial charge in [-0.25, -0.2) is 0 Å². The van der Waals surface area contributed by atoms with E-state index in [9.17, 15) is 0 Å². The van der Waals surface area contributed by atoms with Crippen LogP contribution in [0.4, 0.5) is 5.69 Å². The standard InChI is InChI=1S/C16H19N3/c1-11-6-5-7-16(12(11)2)18-10-14-8-15(9-17)19(4)13(14)3/h5-8,18H,10H2,1-4H3. The van der Waals surface area contributed by atoms with E-state index in [-0.39, 0.29) is 0 Å². The first-order valence-corrected chi connectivity index (χ1v) is 6.40. The SMILES string of the molecule is Cc1cccc(NCc2cc(C#N)n(C)c2C)c1C. The van der Waals surface area contributed by atoms with Gasteiger partial charge in [-0.1, -0.05) is 12.1 Å². The van der Waals surface area contributed by atoms with E-state index in [0.717, 1.165) is 17.9 Å². The van der Waals surface area contributed by atoms with E-state index in [0.29, 0.717) is 5.69 Å². The highest BCUT2D eigenvalue weighted by atomic mass is 15.0. The molecule has 0 aliphatic rings. The van der Waals surface area contributed by atoms with Crippen LogP contribution in [0.25, 0.3) is 0 Å². The van der Waals surface area contributed by atoms with E-state index < -0.39 is 0 Å². The minimum Gasteiger partial charge on any atom is -0.381 e. The van der Waals surface area contributed by atoms with Gasteiger partial charge in [-0.15, -0.1) is 0 Å². The zero-order valence-electron chi connectivity index (χ0n) is 11.9. The van der Waals surface area contributed by atoms with Gasteiger partial charge in [-0.05, 0) is 49.6 Å². The highest BCUT2D eigenvalue weighted by Gasteiger charge is 2.08. The van der Waals surface area contributed by atoms with Gasteiger partial charge in [0.1, 0.15) is 11.8 Å². The van der Waals surface area contributed by atoms with Gasteiger partial charge < -0.3 is 9.88 Å². The zero-order chi connectivity index (χ0) is 14.0. The van der Waals surface area contributed by atoms with Gasteiger partial charge in [0.05, 0.1) is 0 Å². The maximum atomic E-state index is 9.03. The number of aryl methyl sites for hydroxylation is 1. The summed E-state index contributed by atoms with van der Waals surface area (Å²) in [5.41, 5.74) is 6.72. The highest BCUT2D eigenvalue weighted by molar-refractivity contribution is 5.54. The van der Waals surface area contributed by atoms with Crippen LogP contribution in [0.15, 0.2) is 24.3 Å². The number of benzene rings is 1. The van der Waals surface area contributed by atoms with Crippen molar-refractivity contribution in [3.63, 3.8) is 0 Å². The van der Waals surface area contributed by atoms with Crippen LogP contribution >= 0.6 is 0 Å². The fraction of sp³-hybridized carbons (Fsp3) is 0.312. The Balaban J connectivity index is 2.20. The second kappa shape index (κ2) is 5.19. The number of rotatable bonds is 3. The lowest BCUT2D eigenvalue weighted by atomic mass is 10.1. The molecule has 1 aromatic heterocycles. The molecule has 0 aliphatic carbocycles. The lowest BCUT2D eigenvalue weighted by molar-refractivity contribution is 0.856. The monoisotopic (exact) mass is 253 g/mol. The van der Waals surface area contributed by atoms with Crippen LogP contribution in [0.3, 0.4) is 0 Å². The summed E-state index contributed by atoms with van der Waals surface area (Å²) in [5.74, 6) is 0. The molecular weight excluding hydrogens is 234 g/mol. The van der Waals surface area contributed by atoms with Crippen molar-refractivity contribution in [2.24, 2.45) is 7.05 Å². The Hall–Kier alpha value is -2.21. The first kappa shape index (κ1) is 13.2. The number of anilines is 1. The molecule has 0 unspecified atom stereocenters. The van der Waals surface area contributed by atoms with Crippen molar-refractivity contribution in [3.05, 3.63) is 52.3 Å². The third-order valence-electron chi connectivity index (χ3n) is 3.83. The highest BCUT2D eigenvalue weighted by Crippen LogP contribution is 2.20. The molecule has 0 amide bonds. The normalized spacial score (nSPS) is 10.3. The molecule has 0 saturated carbocycles. The number of nitriles is 1. The van der Waals surface area contributed by atoms with E-state index >= 15 is 0 Å². The maximum absolute atomic E-state index is 9.03. The van der Waals surface area contributed by atoms with Crippen LogP contribution < -0.4 is 5.32 Å². The van der Waals surface area contributed by atoms with Crippen molar-refractivity contribution in [1.29, 1.82) is 5.26 Å². The molecule has 0 aliphatic heterocycles. The van der Waals surface area contributed by atoms with Crippen LogP contribution in [-0.4, -0.2) is 4.57 Å². The third-order valence-corrected chi connectivity index (χ3v) is 3.83. The molecular formula is C16H19N3. The molecule has 1 aromatic carbocycles. The number of hydrogen-bond donors (Lipinski definition) is 1. The van der Waals surface area contributed by atoms with Crippen LogP contribution in [0.2, 0.25) is 0 Å². The summed E-state index contributed by atoms with van der Waals surface area (Å²) >= 11 is 0. The number of nitrogens with zero attached hydrogens (tertiary/aromatic N) is 2. The van der Waals surface area contributed by atoms with Crippen LogP contribution in [0, 0.1) is 32.1 Å². The summed E-state index contributed by atoms with van der Waals surface area (Å²) in [5, 5.41) is 12.5. The first-order valence-electron chi connectivity index (χ1n) is 6.40. The molecule has 2 rings (SSSR count). The van der Waals surface area contributed by atoms with Gasteiger partial charge in [-0.2, -0.15) is 5.26 Å². The number of aromatic nitrogens is 1. The average Bonchev–Trinajstić information content (AvgIpc) is 2.68. The number of hydrogen-bond acceptors (Lipinski definition) is 2. The Morgan fingerprint density at radius 2 is 2.00 bits per heavy atom. The zero-order valence-corrected chi connectivity index (χ0v) is 11.9. The summed E-state index contributed by atoms with van der Waals surface area (Å²) in [6, 6.07) is 10.4. The Morgan fingerprint density at radius 1 is 1.26 bits per heavy atom. The Kier molecular flexibility index (Phi) is 3.62. The van der Waals surface area contributed by atoms with Crippen molar-refractivity contribution in [1.82, 2.24) is 4.57 Å². The molecule has 0 atom stereocenters. The summed E-state index contributed by atoms with van der Waals surface area (Å²) in [4.78, 5) is 0. The van der Waals surface area contributed by atoms with Crippen molar-refractivity contribution in [2.45, 2.75) is 27.3 Å².